The maximum atomic E-state index is 12.3. The Labute approximate surface area is 157 Å². The van der Waals surface area contributed by atoms with Crippen molar-refractivity contribution in [3.63, 3.8) is 0 Å². The lowest BCUT2D eigenvalue weighted by Gasteiger charge is -2.04. The molecule has 1 amide bonds. The molecule has 130 valence electrons. The fourth-order valence-electron chi connectivity index (χ4n) is 2.68. The molecule has 0 spiro atoms. The third kappa shape index (κ3) is 3.47. The smallest absolute Gasteiger partial charge is 0.349 e. The molecule has 3 aromatic heterocycles. The van der Waals surface area contributed by atoms with Crippen LogP contribution < -0.4 is 10.9 Å². The second kappa shape index (κ2) is 7.27. The number of benzene rings is 1. The molecule has 4 rings (SSSR count). The van der Waals surface area contributed by atoms with Crippen molar-refractivity contribution in [2.45, 2.75) is 6.42 Å². The summed E-state index contributed by atoms with van der Waals surface area (Å²) in [6.45, 7) is 0.468. The number of amides is 1. The van der Waals surface area contributed by atoms with Crippen molar-refractivity contribution >= 4 is 39.5 Å². The van der Waals surface area contributed by atoms with Crippen molar-refractivity contribution in [1.29, 1.82) is 0 Å². The highest BCUT2D eigenvalue weighted by Crippen LogP contribution is 2.31. The van der Waals surface area contributed by atoms with Gasteiger partial charge >= 0.3 is 5.63 Å². The van der Waals surface area contributed by atoms with Gasteiger partial charge in [0.15, 0.2) is 0 Å². The van der Waals surface area contributed by atoms with Crippen LogP contribution in [0.25, 0.3) is 20.7 Å². The fraction of sp³-hybridized carbons (Fsp3) is 0.100. The van der Waals surface area contributed by atoms with E-state index >= 15 is 0 Å². The van der Waals surface area contributed by atoms with E-state index in [-0.39, 0.29) is 5.56 Å². The second-order valence-electron chi connectivity index (χ2n) is 5.73. The molecule has 0 atom stereocenters. The van der Waals surface area contributed by atoms with Gasteiger partial charge in [-0.15, -0.1) is 22.7 Å². The highest BCUT2D eigenvalue weighted by Gasteiger charge is 2.13. The summed E-state index contributed by atoms with van der Waals surface area (Å²) in [5.41, 5.74) is -0.0970. The topological polar surface area (TPSA) is 59.3 Å². The second-order valence-corrected chi connectivity index (χ2v) is 7.85. The lowest BCUT2D eigenvalue weighted by molar-refractivity contribution is 0.0950. The predicted molar refractivity (Wildman–Crippen MR) is 106 cm³/mol. The number of rotatable bonds is 5. The number of carbonyl (C=O) groups excluding carboxylic acids is 1. The molecule has 6 heteroatoms. The summed E-state index contributed by atoms with van der Waals surface area (Å²) in [5, 5.41) is 5.60. The Morgan fingerprint density at radius 3 is 2.77 bits per heavy atom. The number of carbonyl (C=O) groups is 1. The SMILES string of the molecule is O=C(NCCc1ccc(-c2cccs2)s1)c1cc2ccccc2oc1=O. The third-order valence-corrected chi connectivity index (χ3v) is 6.18. The van der Waals surface area contributed by atoms with E-state index in [4.69, 9.17) is 4.42 Å². The number of hydrogen-bond donors (Lipinski definition) is 1. The molecule has 0 bridgehead atoms. The zero-order valence-corrected chi connectivity index (χ0v) is 15.4. The third-order valence-electron chi connectivity index (χ3n) is 3.97. The Morgan fingerprint density at radius 2 is 1.92 bits per heavy atom. The minimum absolute atomic E-state index is 0.0363. The number of nitrogens with one attached hydrogen (secondary N) is 1. The molecule has 1 N–H and O–H groups in total. The summed E-state index contributed by atoms with van der Waals surface area (Å²) in [5.74, 6) is -0.403. The quantitative estimate of drug-likeness (QED) is 0.516. The van der Waals surface area contributed by atoms with Gasteiger partial charge in [0.2, 0.25) is 0 Å². The van der Waals surface area contributed by atoms with Crippen molar-refractivity contribution in [3.05, 3.63) is 80.8 Å². The molecule has 1 aromatic carbocycles. The molecule has 0 saturated heterocycles. The summed E-state index contributed by atoms with van der Waals surface area (Å²) < 4.78 is 5.21. The molecule has 3 heterocycles. The number of para-hydroxylation sites is 1. The summed E-state index contributed by atoms with van der Waals surface area (Å²) in [6, 6.07) is 17.0. The van der Waals surface area contributed by atoms with Crippen LogP contribution >= 0.6 is 22.7 Å². The molecular formula is C20H15NO3S2. The van der Waals surface area contributed by atoms with Crippen LogP contribution in [0.4, 0.5) is 0 Å². The molecule has 0 aliphatic rings. The molecule has 4 nitrogen and oxygen atoms in total. The van der Waals surface area contributed by atoms with Gasteiger partial charge in [0.05, 0.1) is 0 Å². The molecular weight excluding hydrogens is 366 g/mol. The Bertz CT molecular complexity index is 1110. The molecule has 0 aliphatic carbocycles. The summed E-state index contributed by atoms with van der Waals surface area (Å²) in [7, 11) is 0. The van der Waals surface area contributed by atoms with E-state index in [1.54, 1.807) is 40.9 Å². The van der Waals surface area contributed by atoms with E-state index in [9.17, 15) is 9.59 Å². The molecule has 0 radical (unpaired) electrons. The fourth-order valence-corrected chi connectivity index (χ4v) is 4.52. The number of thiophene rings is 2. The largest absolute Gasteiger partial charge is 0.422 e. The van der Waals surface area contributed by atoms with Crippen LogP contribution in [0.3, 0.4) is 0 Å². The first-order valence-electron chi connectivity index (χ1n) is 8.14. The standard InChI is InChI=1S/C20H15NO3S2/c22-19(15-12-13-4-1-2-5-16(13)24-20(15)23)21-10-9-14-7-8-18(26-14)17-6-3-11-25-17/h1-8,11-12H,9-10H2,(H,21,22). The van der Waals surface area contributed by atoms with Gasteiger partial charge in [-0.25, -0.2) is 4.79 Å². The first-order valence-corrected chi connectivity index (χ1v) is 9.84. The summed E-state index contributed by atoms with van der Waals surface area (Å²) >= 11 is 3.44. The Morgan fingerprint density at radius 1 is 1.04 bits per heavy atom. The average molecular weight is 381 g/mol. The van der Waals surface area contributed by atoms with Gasteiger partial charge in [-0.3, -0.25) is 4.79 Å². The van der Waals surface area contributed by atoms with E-state index in [0.717, 1.165) is 11.8 Å². The van der Waals surface area contributed by atoms with Crippen LogP contribution in [0.2, 0.25) is 0 Å². The average Bonchev–Trinajstić information content (AvgIpc) is 3.32. The van der Waals surface area contributed by atoms with Crippen LogP contribution in [0.15, 0.2) is 69.2 Å². The lowest BCUT2D eigenvalue weighted by Crippen LogP contribution is -2.29. The highest BCUT2D eigenvalue weighted by atomic mass is 32.1. The van der Waals surface area contributed by atoms with E-state index in [0.29, 0.717) is 12.1 Å². The van der Waals surface area contributed by atoms with E-state index in [2.05, 4.69) is 28.9 Å². The zero-order chi connectivity index (χ0) is 17.9. The monoisotopic (exact) mass is 381 g/mol. The van der Waals surface area contributed by atoms with Crippen LogP contribution in [0.5, 0.6) is 0 Å². The first-order chi connectivity index (χ1) is 12.7. The van der Waals surface area contributed by atoms with Gasteiger partial charge < -0.3 is 9.73 Å². The number of fused-ring (bicyclic) bond motifs is 1. The van der Waals surface area contributed by atoms with E-state index in [1.165, 1.54) is 14.6 Å². The minimum Gasteiger partial charge on any atom is -0.422 e. The predicted octanol–water partition coefficient (Wildman–Crippen LogP) is 4.56. The number of hydrogen-bond acceptors (Lipinski definition) is 5. The van der Waals surface area contributed by atoms with Crippen molar-refractivity contribution < 1.29 is 9.21 Å². The van der Waals surface area contributed by atoms with Gasteiger partial charge in [0.1, 0.15) is 11.1 Å². The first kappa shape index (κ1) is 16.8. The van der Waals surface area contributed by atoms with Gasteiger partial charge in [0, 0.05) is 26.6 Å². The molecule has 4 aromatic rings. The highest BCUT2D eigenvalue weighted by molar-refractivity contribution is 7.21. The maximum absolute atomic E-state index is 12.3. The van der Waals surface area contributed by atoms with Crippen LogP contribution in [0, 0.1) is 0 Å². The van der Waals surface area contributed by atoms with Crippen LogP contribution in [-0.2, 0) is 6.42 Å². The molecule has 0 fully saturated rings. The Kier molecular flexibility index (Phi) is 4.69. The normalized spacial score (nSPS) is 10.9. The maximum Gasteiger partial charge on any atom is 0.349 e. The lowest BCUT2D eigenvalue weighted by atomic mass is 10.2. The summed E-state index contributed by atoms with van der Waals surface area (Å²) in [4.78, 5) is 28.0. The van der Waals surface area contributed by atoms with Gasteiger partial charge in [-0.05, 0) is 42.1 Å². The van der Waals surface area contributed by atoms with Crippen LogP contribution in [-0.4, -0.2) is 12.5 Å². The van der Waals surface area contributed by atoms with Gasteiger partial charge in [-0.2, -0.15) is 0 Å². The minimum atomic E-state index is -0.614. The molecule has 26 heavy (non-hydrogen) atoms. The molecule has 0 unspecified atom stereocenters. The van der Waals surface area contributed by atoms with Crippen molar-refractivity contribution in [3.8, 4) is 9.75 Å². The van der Waals surface area contributed by atoms with Gasteiger partial charge in [0.25, 0.3) is 5.91 Å². The van der Waals surface area contributed by atoms with E-state index in [1.807, 2.05) is 18.2 Å². The van der Waals surface area contributed by atoms with E-state index < -0.39 is 11.5 Å². The Hall–Kier alpha value is -2.70. The molecule has 0 aliphatic heterocycles. The van der Waals surface area contributed by atoms with Gasteiger partial charge in [-0.1, -0.05) is 24.3 Å². The Balaban J connectivity index is 1.41. The van der Waals surface area contributed by atoms with Crippen molar-refractivity contribution in [2.24, 2.45) is 0 Å². The van der Waals surface area contributed by atoms with Crippen LogP contribution in [0.1, 0.15) is 15.2 Å². The summed E-state index contributed by atoms with van der Waals surface area (Å²) in [6.07, 6.45) is 0.723. The molecule has 0 saturated carbocycles. The van der Waals surface area contributed by atoms with Crippen molar-refractivity contribution in [2.75, 3.05) is 6.54 Å². The zero-order valence-electron chi connectivity index (χ0n) is 13.7. The van der Waals surface area contributed by atoms with Crippen molar-refractivity contribution in [1.82, 2.24) is 5.32 Å².